The number of aryl methyl sites for hydroxylation is 1. The van der Waals surface area contributed by atoms with Crippen LogP contribution in [0, 0.1) is 16.1 Å². The molecule has 0 atom stereocenters. The van der Waals surface area contributed by atoms with Crippen molar-refractivity contribution in [3.05, 3.63) is 40.9 Å². The zero-order valence-electron chi connectivity index (χ0n) is 14.4. The Morgan fingerprint density at radius 2 is 1.92 bits per heavy atom. The van der Waals surface area contributed by atoms with Crippen LogP contribution in [0.2, 0.25) is 0 Å². The van der Waals surface area contributed by atoms with Gasteiger partial charge in [0.25, 0.3) is 0 Å². The number of piperazine rings is 1. The average molecular weight is 393 g/mol. The molecule has 1 aliphatic heterocycles. The summed E-state index contributed by atoms with van der Waals surface area (Å²) in [5.74, 6) is 0. The Kier molecular flexibility index (Phi) is 5.52. The number of nitriles is 1. The number of sulfonamides is 1. The lowest BCUT2D eigenvalue weighted by molar-refractivity contribution is 0.144. The number of rotatable bonds is 5. The van der Waals surface area contributed by atoms with E-state index in [-0.39, 0.29) is 10.5 Å². The van der Waals surface area contributed by atoms with Gasteiger partial charge in [0, 0.05) is 32.7 Å². The molecule has 0 bridgehead atoms. The van der Waals surface area contributed by atoms with Crippen molar-refractivity contribution in [2.45, 2.75) is 25.0 Å². The van der Waals surface area contributed by atoms with E-state index >= 15 is 0 Å². The predicted octanol–water partition coefficient (Wildman–Crippen LogP) is 1.27. The van der Waals surface area contributed by atoms with E-state index in [0.717, 1.165) is 6.54 Å². The summed E-state index contributed by atoms with van der Waals surface area (Å²) in [6.07, 6.45) is 1.71. The highest BCUT2D eigenvalue weighted by atomic mass is 32.2. The van der Waals surface area contributed by atoms with Gasteiger partial charge in [0.05, 0.1) is 17.1 Å². The van der Waals surface area contributed by atoms with Crippen LogP contribution in [-0.4, -0.2) is 58.1 Å². The first-order valence-corrected chi connectivity index (χ1v) is 10.2. The Bertz CT molecular complexity index is 981. The molecule has 26 heavy (non-hydrogen) atoms. The molecule has 0 aliphatic carbocycles. The largest absolute Gasteiger partial charge is 0.307 e. The van der Waals surface area contributed by atoms with Gasteiger partial charge in [0.15, 0.2) is 4.77 Å². The second-order valence-electron chi connectivity index (χ2n) is 5.97. The second-order valence-corrected chi connectivity index (χ2v) is 8.24. The fraction of sp³-hybridized carbons (Fsp3) is 0.438. The first-order chi connectivity index (χ1) is 12.5. The molecule has 0 spiro atoms. The SMILES string of the molecule is CCn1cnn(CN2CCN(S(=O)(=O)c3ccccc3C#N)CC2)c1=S. The number of aromatic nitrogens is 3. The molecule has 2 heterocycles. The highest BCUT2D eigenvalue weighted by molar-refractivity contribution is 7.89. The third kappa shape index (κ3) is 3.57. The van der Waals surface area contributed by atoms with Gasteiger partial charge >= 0.3 is 0 Å². The van der Waals surface area contributed by atoms with Gasteiger partial charge in [-0.3, -0.25) is 4.90 Å². The summed E-state index contributed by atoms with van der Waals surface area (Å²) in [7, 11) is -3.67. The third-order valence-electron chi connectivity index (χ3n) is 4.43. The van der Waals surface area contributed by atoms with E-state index in [1.165, 1.54) is 16.4 Å². The summed E-state index contributed by atoms with van der Waals surface area (Å²) in [6, 6.07) is 8.26. The second kappa shape index (κ2) is 7.67. The molecule has 1 saturated heterocycles. The maximum absolute atomic E-state index is 12.8. The van der Waals surface area contributed by atoms with Crippen LogP contribution < -0.4 is 0 Å². The molecule has 138 valence electrons. The topological polar surface area (TPSA) is 87.2 Å². The molecule has 1 fully saturated rings. The Morgan fingerprint density at radius 3 is 2.54 bits per heavy atom. The van der Waals surface area contributed by atoms with Gasteiger partial charge in [-0.05, 0) is 31.3 Å². The minimum Gasteiger partial charge on any atom is -0.307 e. The first-order valence-electron chi connectivity index (χ1n) is 8.31. The maximum atomic E-state index is 12.8. The van der Waals surface area contributed by atoms with Gasteiger partial charge in [-0.15, -0.1) is 0 Å². The quantitative estimate of drug-likeness (QED) is 0.712. The Morgan fingerprint density at radius 1 is 1.23 bits per heavy atom. The number of hydrogen-bond acceptors (Lipinski definition) is 6. The molecule has 8 nitrogen and oxygen atoms in total. The van der Waals surface area contributed by atoms with E-state index in [0.29, 0.717) is 37.6 Å². The lowest BCUT2D eigenvalue weighted by Crippen LogP contribution is -2.49. The Hall–Kier alpha value is -2.06. The summed E-state index contributed by atoms with van der Waals surface area (Å²) in [5.41, 5.74) is 0.173. The third-order valence-corrected chi connectivity index (χ3v) is 6.83. The summed E-state index contributed by atoms with van der Waals surface area (Å²) >= 11 is 5.37. The van der Waals surface area contributed by atoms with Crippen molar-refractivity contribution >= 4 is 22.2 Å². The summed E-state index contributed by atoms with van der Waals surface area (Å²) in [4.78, 5) is 2.19. The van der Waals surface area contributed by atoms with Crippen molar-refractivity contribution in [2.24, 2.45) is 0 Å². The zero-order valence-corrected chi connectivity index (χ0v) is 16.1. The molecular weight excluding hydrogens is 372 g/mol. The molecule has 10 heteroatoms. The van der Waals surface area contributed by atoms with E-state index in [1.807, 2.05) is 17.6 Å². The minimum absolute atomic E-state index is 0.0693. The molecule has 0 amide bonds. The molecule has 0 saturated carbocycles. The molecule has 0 N–H and O–H groups in total. The van der Waals surface area contributed by atoms with Crippen LogP contribution in [0.25, 0.3) is 0 Å². The fourth-order valence-corrected chi connectivity index (χ4v) is 4.75. The van der Waals surface area contributed by atoms with Gasteiger partial charge < -0.3 is 4.57 Å². The monoisotopic (exact) mass is 392 g/mol. The summed E-state index contributed by atoms with van der Waals surface area (Å²) in [6.45, 7) is 5.19. The lowest BCUT2D eigenvalue weighted by atomic mass is 10.2. The standard InChI is InChI=1S/C16H20N6O2S2/c1-2-20-12-18-22(16(20)25)13-19-7-9-21(10-8-19)26(23,24)15-6-4-3-5-14(15)11-17/h3-6,12H,2,7-10,13H2,1H3. The molecular formula is C16H20N6O2S2. The van der Waals surface area contributed by atoms with Crippen molar-refractivity contribution in [1.29, 1.82) is 5.26 Å². The van der Waals surface area contributed by atoms with Crippen molar-refractivity contribution in [3.8, 4) is 6.07 Å². The van der Waals surface area contributed by atoms with Crippen LogP contribution in [-0.2, 0) is 23.2 Å². The average Bonchev–Trinajstić information content (AvgIpc) is 3.01. The highest BCUT2D eigenvalue weighted by Crippen LogP contribution is 2.21. The van der Waals surface area contributed by atoms with Crippen molar-refractivity contribution < 1.29 is 8.42 Å². The van der Waals surface area contributed by atoms with Crippen molar-refractivity contribution in [1.82, 2.24) is 23.6 Å². The first kappa shape index (κ1) is 18.7. The van der Waals surface area contributed by atoms with Gasteiger partial charge in [0.2, 0.25) is 10.0 Å². The van der Waals surface area contributed by atoms with Crippen molar-refractivity contribution in [3.63, 3.8) is 0 Å². The van der Waals surface area contributed by atoms with Gasteiger partial charge in [0.1, 0.15) is 12.4 Å². The van der Waals surface area contributed by atoms with Crippen LogP contribution in [0.5, 0.6) is 0 Å². The van der Waals surface area contributed by atoms with Crippen LogP contribution in [0.15, 0.2) is 35.5 Å². The molecule has 2 aromatic rings. The molecule has 0 unspecified atom stereocenters. The smallest absolute Gasteiger partial charge is 0.244 e. The van der Waals surface area contributed by atoms with Crippen LogP contribution >= 0.6 is 12.2 Å². The van der Waals surface area contributed by atoms with E-state index in [1.54, 1.807) is 23.1 Å². The summed E-state index contributed by atoms with van der Waals surface area (Å²) in [5, 5.41) is 13.5. The Labute approximate surface area is 157 Å². The van der Waals surface area contributed by atoms with Crippen LogP contribution in [0.3, 0.4) is 0 Å². The van der Waals surface area contributed by atoms with Crippen LogP contribution in [0.1, 0.15) is 12.5 Å². The van der Waals surface area contributed by atoms with E-state index in [2.05, 4.69) is 10.00 Å². The summed E-state index contributed by atoms with van der Waals surface area (Å²) < 4.78 is 31.4. The predicted molar refractivity (Wildman–Crippen MR) is 98.2 cm³/mol. The lowest BCUT2D eigenvalue weighted by Gasteiger charge is -2.33. The minimum atomic E-state index is -3.67. The van der Waals surface area contributed by atoms with E-state index in [9.17, 15) is 13.7 Å². The number of nitrogens with zero attached hydrogens (tertiary/aromatic N) is 6. The molecule has 1 aromatic heterocycles. The molecule has 1 aromatic carbocycles. The highest BCUT2D eigenvalue weighted by Gasteiger charge is 2.30. The van der Waals surface area contributed by atoms with Gasteiger partial charge in [-0.1, -0.05) is 12.1 Å². The molecule has 1 aliphatic rings. The Balaban J connectivity index is 1.69. The van der Waals surface area contributed by atoms with E-state index in [4.69, 9.17) is 12.2 Å². The normalized spacial score (nSPS) is 16.5. The van der Waals surface area contributed by atoms with Gasteiger partial charge in [-0.2, -0.15) is 14.7 Å². The van der Waals surface area contributed by atoms with Crippen molar-refractivity contribution in [2.75, 3.05) is 26.2 Å². The zero-order chi connectivity index (χ0) is 18.7. The van der Waals surface area contributed by atoms with E-state index < -0.39 is 10.0 Å². The number of hydrogen-bond donors (Lipinski definition) is 0. The van der Waals surface area contributed by atoms with Gasteiger partial charge in [-0.25, -0.2) is 13.1 Å². The van der Waals surface area contributed by atoms with Crippen LogP contribution in [0.4, 0.5) is 0 Å². The maximum Gasteiger partial charge on any atom is 0.244 e. The molecule has 0 radical (unpaired) electrons. The number of benzene rings is 1. The molecule has 3 rings (SSSR count). The fourth-order valence-electron chi connectivity index (χ4n) is 2.91.